The minimum Gasteiger partial charge on any atom is -0.360 e. The van der Waals surface area contributed by atoms with E-state index in [0.29, 0.717) is 46.1 Å². The molecule has 2 aliphatic heterocycles. The second-order valence-electron chi connectivity index (χ2n) is 18.5. The number of hydrogen-bond donors (Lipinski definition) is 5. The molecule has 4 aliphatic rings. The average Bonchev–Trinajstić information content (AvgIpc) is 3.99. The SMILES string of the molecule is C.C=CC(=O)Cl.C=CC(=O)N1CCN([C@H]2CCC[C@@H](Nc3ncc(Cl)c(-c4c[nH]c5ccc(C)cc45)n3)C2)CC1.Cc1ccc2[nH]cc(-c3nc(N[C@@H]4CCC[C@H](N5CCNCC5)C4)ncc3Cl)c2c1. The Bertz CT molecular complexity index is 2740. The van der Waals surface area contributed by atoms with Crippen molar-refractivity contribution < 1.29 is 9.59 Å². The zero-order valence-electron chi connectivity index (χ0n) is 39.5. The van der Waals surface area contributed by atoms with Gasteiger partial charge in [-0.15, -0.1) is 0 Å². The molecule has 4 atom stereocenters. The molecule has 6 aromatic rings. The summed E-state index contributed by atoms with van der Waals surface area (Å²) < 4.78 is 0. The van der Waals surface area contributed by atoms with E-state index in [4.69, 9.17) is 44.8 Å². The van der Waals surface area contributed by atoms with Gasteiger partial charge >= 0.3 is 0 Å². The second kappa shape index (κ2) is 24.7. The zero-order valence-corrected chi connectivity index (χ0v) is 41.8. The van der Waals surface area contributed by atoms with Gasteiger partial charge in [-0.3, -0.25) is 19.4 Å². The predicted molar refractivity (Wildman–Crippen MR) is 288 cm³/mol. The van der Waals surface area contributed by atoms with Crippen molar-refractivity contribution in [2.75, 3.05) is 63.0 Å². The number of anilines is 2. The minimum absolute atomic E-state index is 0. The molecule has 372 valence electrons. The van der Waals surface area contributed by atoms with Gasteiger partial charge in [0.15, 0.2) is 0 Å². The van der Waals surface area contributed by atoms with E-state index in [9.17, 15) is 9.59 Å². The summed E-state index contributed by atoms with van der Waals surface area (Å²) in [6.45, 7) is 18.7. The zero-order chi connectivity index (χ0) is 48.4. The number of benzene rings is 2. The Balaban J connectivity index is 0.000000187. The van der Waals surface area contributed by atoms with Gasteiger partial charge in [0, 0.05) is 122 Å². The summed E-state index contributed by atoms with van der Waals surface area (Å²) in [4.78, 5) is 53.7. The highest BCUT2D eigenvalue weighted by Gasteiger charge is 2.31. The first-order valence-corrected chi connectivity index (χ1v) is 25.3. The van der Waals surface area contributed by atoms with Gasteiger partial charge in [0.2, 0.25) is 23.0 Å². The maximum atomic E-state index is 11.9. The van der Waals surface area contributed by atoms with Gasteiger partial charge in [-0.1, -0.05) is 67.0 Å². The molecule has 2 aromatic carbocycles. The molecule has 0 unspecified atom stereocenters. The smallest absolute Gasteiger partial charge is 0.246 e. The van der Waals surface area contributed by atoms with Crippen LogP contribution >= 0.6 is 34.8 Å². The highest BCUT2D eigenvalue weighted by atomic mass is 35.5. The molecule has 0 bridgehead atoms. The Kier molecular flexibility index (Phi) is 18.5. The Morgan fingerprint density at radius 3 is 1.59 bits per heavy atom. The maximum Gasteiger partial charge on any atom is 0.246 e. The molecule has 2 saturated carbocycles. The molecule has 6 heterocycles. The molecule has 1 amide bonds. The monoisotopic (exact) mass is 1010 g/mol. The highest BCUT2D eigenvalue weighted by molar-refractivity contribution is 6.66. The van der Waals surface area contributed by atoms with Crippen molar-refractivity contribution in [2.24, 2.45) is 0 Å². The number of rotatable bonds is 10. The van der Waals surface area contributed by atoms with E-state index in [-0.39, 0.29) is 13.3 Å². The fraction of sp³-hybridized carbons (Fsp3) is 0.434. The number of amides is 1. The second-order valence-corrected chi connectivity index (χ2v) is 19.7. The van der Waals surface area contributed by atoms with Crippen molar-refractivity contribution in [3.05, 3.63) is 108 Å². The van der Waals surface area contributed by atoms with E-state index < -0.39 is 5.24 Å². The van der Waals surface area contributed by atoms with Crippen LogP contribution in [0.15, 0.2) is 86.5 Å². The largest absolute Gasteiger partial charge is 0.360 e. The lowest BCUT2D eigenvalue weighted by Crippen LogP contribution is -2.53. The summed E-state index contributed by atoms with van der Waals surface area (Å²) >= 11 is 17.8. The van der Waals surface area contributed by atoms with Crippen molar-refractivity contribution >= 4 is 79.7 Å². The van der Waals surface area contributed by atoms with Crippen LogP contribution in [0.1, 0.15) is 69.9 Å². The quantitative estimate of drug-likeness (QED) is 0.0656. The number of H-pyrrole nitrogens is 2. The fourth-order valence-electron chi connectivity index (χ4n) is 10.2. The lowest BCUT2D eigenvalue weighted by molar-refractivity contribution is -0.128. The Morgan fingerprint density at radius 1 is 0.686 bits per heavy atom. The maximum absolute atomic E-state index is 11.9. The summed E-state index contributed by atoms with van der Waals surface area (Å²) in [7, 11) is 0. The van der Waals surface area contributed by atoms with Gasteiger partial charge in [0.1, 0.15) is 0 Å². The number of halogens is 3. The lowest BCUT2D eigenvalue weighted by atomic mass is 9.89. The van der Waals surface area contributed by atoms with Crippen molar-refractivity contribution in [2.45, 2.75) is 96.8 Å². The summed E-state index contributed by atoms with van der Waals surface area (Å²) in [5.74, 6) is 1.32. The van der Waals surface area contributed by atoms with Crippen LogP contribution in [-0.2, 0) is 9.59 Å². The Labute approximate surface area is 427 Å². The average molecular weight is 1010 g/mol. The first-order chi connectivity index (χ1) is 33.5. The predicted octanol–water partition coefficient (Wildman–Crippen LogP) is 10.4. The van der Waals surface area contributed by atoms with E-state index >= 15 is 0 Å². The number of piperazine rings is 2. The number of aromatic amines is 2. The van der Waals surface area contributed by atoms with Crippen LogP contribution < -0.4 is 16.0 Å². The molecule has 0 spiro atoms. The van der Waals surface area contributed by atoms with Gasteiger partial charge in [0.05, 0.1) is 33.8 Å². The van der Waals surface area contributed by atoms with Gasteiger partial charge in [-0.25, -0.2) is 19.9 Å². The molecule has 14 nitrogen and oxygen atoms in total. The summed E-state index contributed by atoms with van der Waals surface area (Å²) in [6.07, 6.45) is 19.2. The summed E-state index contributed by atoms with van der Waals surface area (Å²) in [6, 6.07) is 14.6. The third kappa shape index (κ3) is 13.1. The van der Waals surface area contributed by atoms with Crippen LogP contribution in [0.25, 0.3) is 44.3 Å². The van der Waals surface area contributed by atoms with Gasteiger partial charge in [-0.05, 0) is 113 Å². The van der Waals surface area contributed by atoms with Crippen molar-refractivity contribution in [1.82, 2.24) is 49.9 Å². The van der Waals surface area contributed by atoms with Crippen LogP contribution in [-0.4, -0.2) is 132 Å². The minimum atomic E-state index is -0.509. The number of aryl methyl sites for hydroxylation is 2. The van der Waals surface area contributed by atoms with Crippen molar-refractivity contribution in [1.29, 1.82) is 0 Å². The molecular weight excluding hydrogens is 943 g/mol. The number of hydrogen-bond acceptors (Lipinski definition) is 11. The molecular formula is C53H67Cl3N12O2. The first kappa shape index (κ1) is 52.5. The molecule has 5 N–H and O–H groups in total. The van der Waals surface area contributed by atoms with Crippen LogP contribution in [0.3, 0.4) is 0 Å². The molecule has 17 heteroatoms. The summed E-state index contributed by atoms with van der Waals surface area (Å²) in [5.41, 5.74) is 8.09. The Morgan fingerprint density at radius 2 is 1.14 bits per heavy atom. The van der Waals surface area contributed by atoms with Gasteiger partial charge in [0.25, 0.3) is 0 Å². The van der Waals surface area contributed by atoms with Crippen molar-refractivity contribution in [3.8, 4) is 22.5 Å². The molecule has 2 saturated heterocycles. The third-order valence-corrected chi connectivity index (χ3v) is 14.5. The van der Waals surface area contributed by atoms with E-state index in [0.717, 1.165) is 135 Å². The van der Waals surface area contributed by atoms with Gasteiger partial charge in [-0.2, -0.15) is 0 Å². The number of carbonyl (C=O) groups excluding carboxylic acids is 2. The van der Waals surface area contributed by atoms with E-state index in [1.165, 1.54) is 36.5 Å². The fourth-order valence-corrected chi connectivity index (χ4v) is 10.6. The van der Waals surface area contributed by atoms with Crippen LogP contribution in [0.2, 0.25) is 10.0 Å². The highest BCUT2D eigenvalue weighted by Crippen LogP contribution is 2.36. The summed E-state index contributed by atoms with van der Waals surface area (Å²) in [5, 5.41) is 13.5. The topological polar surface area (TPSA) is 163 Å². The number of fused-ring (bicyclic) bond motifs is 2. The molecule has 10 rings (SSSR count). The lowest BCUT2D eigenvalue weighted by Gasteiger charge is -2.42. The van der Waals surface area contributed by atoms with Crippen LogP contribution in [0.4, 0.5) is 11.9 Å². The number of nitrogens with one attached hydrogen (secondary N) is 5. The molecule has 70 heavy (non-hydrogen) atoms. The normalized spacial score (nSPS) is 20.8. The van der Waals surface area contributed by atoms with Crippen LogP contribution in [0, 0.1) is 13.8 Å². The Hall–Kier alpha value is -5.35. The van der Waals surface area contributed by atoms with Crippen molar-refractivity contribution in [3.63, 3.8) is 0 Å². The molecule has 2 aliphatic carbocycles. The molecule has 0 radical (unpaired) electrons. The van der Waals surface area contributed by atoms with E-state index in [2.05, 4.69) is 109 Å². The number of carbonyl (C=O) groups is 2. The first-order valence-electron chi connectivity index (χ1n) is 24.1. The standard InChI is InChI=1S/C26H31ClN6O.C23H29ClN6.C3H3ClO.CH4/c1-3-24(34)33-11-9-32(10-12-33)19-6-4-5-18(14-19)30-26-29-16-22(27)25(31-26)21-15-28-23-8-7-17(2)13-20(21)23;1-15-5-6-21-18(11-15)19(13-26-21)22-20(24)14-27-23(29-22)28-16-3-2-4-17(12-16)30-9-7-25-8-10-30;1-2-3(4)5;/h3,7-8,13,15-16,18-19,28H,1,4-6,9-12,14H2,2H3,(H,29,30,31);5-6,11,13-14,16-17,25-26H,2-4,7-10,12H2,1H3,(H,27,28,29);2H,1H2;1H4/t18-,19+;16-,17+;;/m11../s1. The molecule has 4 fully saturated rings. The van der Waals surface area contributed by atoms with Crippen LogP contribution in [0.5, 0.6) is 0 Å². The van der Waals surface area contributed by atoms with E-state index in [1.807, 2.05) is 17.3 Å². The number of aromatic nitrogens is 6. The number of nitrogens with zero attached hydrogens (tertiary/aromatic N) is 7. The third-order valence-electron chi connectivity index (χ3n) is 13.8. The van der Waals surface area contributed by atoms with Gasteiger partial charge < -0.3 is 30.8 Å². The number of allylic oxidation sites excluding steroid dienone is 1. The molecule has 4 aromatic heterocycles. The van der Waals surface area contributed by atoms with E-state index in [1.54, 1.807) is 12.4 Å².